The fourth-order valence-corrected chi connectivity index (χ4v) is 3.63. The molecule has 0 aliphatic heterocycles. The van der Waals surface area contributed by atoms with Gasteiger partial charge < -0.3 is 4.74 Å². The Morgan fingerprint density at radius 2 is 1.59 bits per heavy atom. The third kappa shape index (κ3) is 5.07. The Morgan fingerprint density at radius 3 is 2.25 bits per heavy atom. The van der Waals surface area contributed by atoms with Gasteiger partial charge in [-0.3, -0.25) is 4.98 Å². The molecule has 0 unspecified atom stereocenters. The molecule has 0 amide bonds. The summed E-state index contributed by atoms with van der Waals surface area (Å²) >= 11 is 0. The van der Waals surface area contributed by atoms with E-state index >= 15 is 4.39 Å². The third-order valence-electron chi connectivity index (χ3n) is 5.40. The van der Waals surface area contributed by atoms with E-state index < -0.39 is 6.36 Å². The number of hydrogen-bond donors (Lipinski definition) is 0. The van der Waals surface area contributed by atoms with E-state index in [1.54, 1.807) is 24.3 Å². The molecule has 3 aromatic carbocycles. The Morgan fingerprint density at radius 1 is 0.844 bits per heavy atom. The van der Waals surface area contributed by atoms with Crippen LogP contribution in [-0.2, 0) is 19.3 Å². The zero-order valence-corrected chi connectivity index (χ0v) is 17.4. The summed E-state index contributed by atoms with van der Waals surface area (Å²) in [5, 5.41) is 1.32. The molecule has 0 saturated carbocycles. The second-order valence-corrected chi connectivity index (χ2v) is 7.57. The molecule has 0 fully saturated rings. The summed E-state index contributed by atoms with van der Waals surface area (Å²) in [6.07, 6.45) is -1.01. The van der Waals surface area contributed by atoms with Crippen LogP contribution in [0.15, 0.2) is 72.9 Å². The van der Waals surface area contributed by atoms with Gasteiger partial charge in [0.25, 0.3) is 0 Å². The van der Waals surface area contributed by atoms with Gasteiger partial charge in [-0.25, -0.2) is 4.39 Å². The molecule has 1 heterocycles. The van der Waals surface area contributed by atoms with Crippen molar-refractivity contribution < 1.29 is 22.3 Å². The number of alkyl halides is 3. The highest BCUT2D eigenvalue weighted by Gasteiger charge is 2.30. The minimum absolute atomic E-state index is 0.271. The van der Waals surface area contributed by atoms with Crippen LogP contribution in [-0.4, -0.2) is 11.3 Å². The van der Waals surface area contributed by atoms with E-state index in [0.717, 1.165) is 34.2 Å². The SMILES string of the molecule is CCc1ccc(-c2ccc3c(F)c(CCc4ccc(OC(F)(F)F)cc4)ccc3c2)nc1. The van der Waals surface area contributed by atoms with Crippen LogP contribution in [0.25, 0.3) is 22.0 Å². The number of fused-ring (bicyclic) bond motifs is 1. The van der Waals surface area contributed by atoms with Gasteiger partial charge in [0, 0.05) is 17.1 Å². The Kier molecular flexibility index (Phi) is 6.12. The number of pyridine rings is 1. The molecule has 32 heavy (non-hydrogen) atoms. The quantitative estimate of drug-likeness (QED) is 0.294. The fraction of sp³-hybridized carbons (Fsp3) is 0.192. The first-order chi connectivity index (χ1) is 15.3. The number of nitrogens with zero attached hydrogens (tertiary/aromatic N) is 1. The van der Waals surface area contributed by atoms with Crippen molar-refractivity contribution in [2.75, 3.05) is 0 Å². The second kappa shape index (κ2) is 8.99. The van der Waals surface area contributed by atoms with Crippen molar-refractivity contribution in [3.63, 3.8) is 0 Å². The number of benzene rings is 3. The number of aryl methyl sites for hydroxylation is 3. The summed E-state index contributed by atoms with van der Waals surface area (Å²) in [5.74, 6) is -0.548. The van der Waals surface area contributed by atoms with E-state index in [-0.39, 0.29) is 11.6 Å². The highest BCUT2D eigenvalue weighted by atomic mass is 19.4. The van der Waals surface area contributed by atoms with Crippen molar-refractivity contribution in [1.29, 1.82) is 0 Å². The molecule has 1 aromatic heterocycles. The highest BCUT2D eigenvalue weighted by Crippen LogP contribution is 2.28. The van der Waals surface area contributed by atoms with E-state index in [0.29, 0.717) is 23.8 Å². The summed E-state index contributed by atoms with van der Waals surface area (Å²) < 4.78 is 55.8. The molecule has 6 heteroatoms. The maximum Gasteiger partial charge on any atom is 0.573 e. The van der Waals surface area contributed by atoms with E-state index in [1.165, 1.54) is 12.1 Å². The highest BCUT2D eigenvalue weighted by molar-refractivity contribution is 5.88. The minimum Gasteiger partial charge on any atom is -0.406 e. The van der Waals surface area contributed by atoms with Gasteiger partial charge in [0.05, 0.1) is 5.69 Å². The monoisotopic (exact) mass is 439 g/mol. The van der Waals surface area contributed by atoms with Crippen LogP contribution >= 0.6 is 0 Å². The van der Waals surface area contributed by atoms with Gasteiger partial charge in [-0.2, -0.15) is 0 Å². The summed E-state index contributed by atoms with van der Waals surface area (Å²) in [6, 6.07) is 18.9. The van der Waals surface area contributed by atoms with Crippen LogP contribution < -0.4 is 4.74 Å². The lowest BCUT2D eigenvalue weighted by Crippen LogP contribution is -2.17. The van der Waals surface area contributed by atoms with E-state index in [1.807, 2.05) is 36.5 Å². The van der Waals surface area contributed by atoms with Gasteiger partial charge >= 0.3 is 6.36 Å². The lowest BCUT2D eigenvalue weighted by atomic mass is 9.98. The summed E-state index contributed by atoms with van der Waals surface area (Å²) in [7, 11) is 0. The van der Waals surface area contributed by atoms with Crippen LogP contribution in [0.4, 0.5) is 17.6 Å². The number of hydrogen-bond acceptors (Lipinski definition) is 2. The first kappa shape index (κ1) is 21.8. The molecule has 4 rings (SSSR count). The molecule has 0 atom stereocenters. The summed E-state index contributed by atoms with van der Waals surface area (Å²) in [4.78, 5) is 4.49. The normalized spacial score (nSPS) is 11.7. The van der Waals surface area contributed by atoms with Gasteiger partial charge in [0.1, 0.15) is 11.6 Å². The lowest BCUT2D eigenvalue weighted by molar-refractivity contribution is -0.274. The van der Waals surface area contributed by atoms with Crippen LogP contribution in [0.3, 0.4) is 0 Å². The van der Waals surface area contributed by atoms with Crippen LogP contribution in [0, 0.1) is 5.82 Å². The number of aromatic nitrogens is 1. The van der Waals surface area contributed by atoms with Crippen molar-refractivity contribution in [2.45, 2.75) is 32.5 Å². The van der Waals surface area contributed by atoms with Gasteiger partial charge in [-0.15, -0.1) is 13.2 Å². The maximum atomic E-state index is 15.1. The number of halogens is 4. The van der Waals surface area contributed by atoms with Crippen molar-refractivity contribution in [1.82, 2.24) is 4.98 Å². The molecular weight excluding hydrogens is 418 g/mol. The fourth-order valence-electron chi connectivity index (χ4n) is 3.63. The Bertz CT molecular complexity index is 1220. The van der Waals surface area contributed by atoms with Crippen LogP contribution in [0.1, 0.15) is 23.6 Å². The van der Waals surface area contributed by atoms with Crippen molar-refractivity contribution in [2.24, 2.45) is 0 Å². The smallest absolute Gasteiger partial charge is 0.406 e. The van der Waals surface area contributed by atoms with Gasteiger partial charge in [-0.1, -0.05) is 49.4 Å². The minimum atomic E-state index is -4.72. The molecule has 0 N–H and O–H groups in total. The molecule has 164 valence electrons. The standard InChI is InChI=1S/C26H21F4NO/c1-2-17-6-14-24(31-16-17)21-10-13-23-20(15-21)9-8-19(25(23)27)7-3-18-4-11-22(12-5-18)32-26(28,29)30/h4-6,8-16H,2-3,7H2,1H3. The predicted molar refractivity (Wildman–Crippen MR) is 117 cm³/mol. The lowest BCUT2D eigenvalue weighted by Gasteiger charge is -2.10. The Hall–Kier alpha value is -3.41. The van der Waals surface area contributed by atoms with Gasteiger partial charge in [0.15, 0.2) is 0 Å². The maximum absolute atomic E-state index is 15.1. The number of rotatable bonds is 6. The topological polar surface area (TPSA) is 22.1 Å². The predicted octanol–water partition coefficient (Wildman–Crippen LogP) is 7.29. The Balaban J connectivity index is 1.49. The number of ether oxygens (including phenoxy) is 1. The molecule has 2 nitrogen and oxygen atoms in total. The van der Waals surface area contributed by atoms with E-state index in [4.69, 9.17) is 0 Å². The average Bonchev–Trinajstić information content (AvgIpc) is 2.78. The first-order valence-corrected chi connectivity index (χ1v) is 10.3. The van der Waals surface area contributed by atoms with Crippen molar-refractivity contribution in [3.05, 3.63) is 95.4 Å². The summed E-state index contributed by atoms with van der Waals surface area (Å²) in [5.41, 5.74) is 4.29. The molecular formula is C26H21F4NO. The van der Waals surface area contributed by atoms with Gasteiger partial charge in [-0.05, 0) is 65.6 Å². The third-order valence-corrected chi connectivity index (χ3v) is 5.40. The Labute approximate surface area is 183 Å². The zero-order valence-electron chi connectivity index (χ0n) is 17.4. The molecule has 0 spiro atoms. The van der Waals surface area contributed by atoms with Crippen LogP contribution in [0.2, 0.25) is 0 Å². The molecule has 4 aromatic rings. The largest absolute Gasteiger partial charge is 0.573 e. The second-order valence-electron chi connectivity index (χ2n) is 7.57. The molecule has 0 saturated heterocycles. The van der Waals surface area contributed by atoms with Crippen molar-refractivity contribution >= 4 is 10.8 Å². The summed E-state index contributed by atoms with van der Waals surface area (Å²) in [6.45, 7) is 2.07. The molecule has 0 aliphatic rings. The van der Waals surface area contributed by atoms with Crippen LogP contribution in [0.5, 0.6) is 5.75 Å². The molecule has 0 bridgehead atoms. The molecule has 0 radical (unpaired) electrons. The molecule has 0 aliphatic carbocycles. The van der Waals surface area contributed by atoms with E-state index in [2.05, 4.69) is 16.6 Å². The van der Waals surface area contributed by atoms with Crippen molar-refractivity contribution in [3.8, 4) is 17.0 Å². The average molecular weight is 439 g/mol. The zero-order chi connectivity index (χ0) is 22.7. The van der Waals surface area contributed by atoms with Gasteiger partial charge in [0.2, 0.25) is 0 Å². The van der Waals surface area contributed by atoms with E-state index in [9.17, 15) is 13.2 Å². The first-order valence-electron chi connectivity index (χ1n) is 10.3.